The van der Waals surface area contributed by atoms with Crippen molar-refractivity contribution < 1.29 is 84.2 Å². The Bertz CT molecular complexity index is 1850. The molecule has 7 heterocycles. The van der Waals surface area contributed by atoms with Crippen molar-refractivity contribution in [1.82, 2.24) is 24.9 Å². The van der Waals surface area contributed by atoms with E-state index in [4.69, 9.17) is 42.5 Å². The smallest absolute Gasteiger partial charge is 0.411 e. The molecule has 0 aromatic heterocycles. The number of ether oxygens (including phenoxy) is 6. The summed E-state index contributed by atoms with van der Waals surface area (Å²) in [6.07, 6.45) is -3.35. The Hall–Kier alpha value is -3.51. The molecule has 416 valence electrons. The predicted molar refractivity (Wildman–Crippen MR) is 254 cm³/mol. The van der Waals surface area contributed by atoms with E-state index in [0.29, 0.717) is 38.2 Å². The molecular weight excluding hydrogens is 1010 g/mol. The van der Waals surface area contributed by atoms with Crippen LogP contribution >= 0.6 is 23.2 Å². The van der Waals surface area contributed by atoms with E-state index in [1.807, 2.05) is 4.90 Å². The highest BCUT2D eigenvalue weighted by molar-refractivity contribution is 6.18. The normalized spacial score (nSPS) is 32.4. The van der Waals surface area contributed by atoms with Crippen molar-refractivity contribution >= 4 is 59.3 Å². The van der Waals surface area contributed by atoms with Gasteiger partial charge in [0.2, 0.25) is 0 Å². The second-order valence-corrected chi connectivity index (χ2v) is 21.7. The number of nitrogens with one attached hydrogen (secondary N) is 1. The summed E-state index contributed by atoms with van der Waals surface area (Å²) >= 11 is 11.3. The van der Waals surface area contributed by atoms with Gasteiger partial charge >= 0.3 is 36.1 Å². The molecule has 7 aliphatic rings. The first-order valence-electron chi connectivity index (χ1n) is 24.0. The van der Waals surface area contributed by atoms with Crippen LogP contribution in [-0.2, 0) is 47.6 Å². The van der Waals surface area contributed by atoms with E-state index in [1.54, 1.807) is 41.5 Å². The number of esters is 4. The van der Waals surface area contributed by atoms with E-state index in [1.165, 1.54) is 28.4 Å². The van der Waals surface area contributed by atoms with Crippen LogP contribution in [-0.4, -0.2) is 224 Å². The molecule has 0 radical (unpaired) electrons. The van der Waals surface area contributed by atoms with Crippen molar-refractivity contribution in [3.63, 3.8) is 0 Å². The SMILES string of the molecule is COC(=O)C1(CCCl)C[C@@H](F)CN1.COC(=O)C1(CCCl)C[C@@H](F)CN1C(=O)OC(C)(C)C.COC(=O)C12CCN1C[C@H](F)C2.COC(=O)[C@@H]1C[C@@H](F)CN1C(=O)OC(C)(C)C.OCC12CCN1C[C@H](F)C2. The van der Waals surface area contributed by atoms with Gasteiger partial charge in [0.1, 0.15) is 64.7 Å². The van der Waals surface area contributed by atoms with Gasteiger partial charge in [-0.05, 0) is 67.2 Å². The first-order valence-corrected chi connectivity index (χ1v) is 25.1. The van der Waals surface area contributed by atoms with Crippen LogP contribution in [0, 0.1) is 0 Å². The van der Waals surface area contributed by atoms with Gasteiger partial charge in [-0.25, -0.2) is 41.1 Å². The van der Waals surface area contributed by atoms with Gasteiger partial charge in [-0.3, -0.25) is 34.5 Å². The Morgan fingerprint density at radius 1 is 0.625 bits per heavy atom. The second kappa shape index (κ2) is 26.3. The molecule has 10 atom stereocenters. The third-order valence-corrected chi connectivity index (χ3v) is 14.0. The van der Waals surface area contributed by atoms with Crippen molar-refractivity contribution in [3.05, 3.63) is 0 Å². The van der Waals surface area contributed by atoms with Crippen LogP contribution in [0.4, 0.5) is 31.5 Å². The molecule has 0 aromatic rings. The molecule has 2 amide bonds. The van der Waals surface area contributed by atoms with E-state index in [9.17, 15) is 50.7 Å². The molecule has 4 unspecified atom stereocenters. The number of hydrogen-bond donors (Lipinski definition) is 2. The lowest BCUT2D eigenvalue weighted by Crippen LogP contribution is -2.61. The zero-order valence-electron chi connectivity index (χ0n) is 43.2. The highest BCUT2D eigenvalue weighted by Crippen LogP contribution is 2.43. The average molecular weight is 1090 g/mol. The van der Waals surface area contributed by atoms with Crippen LogP contribution in [0.1, 0.15) is 99.3 Å². The van der Waals surface area contributed by atoms with E-state index < -0.39 is 94.8 Å². The molecule has 0 aromatic carbocycles. The molecular formula is C47H76Cl2F5N5O13. The van der Waals surface area contributed by atoms with Gasteiger partial charge in [-0.2, -0.15) is 0 Å². The summed E-state index contributed by atoms with van der Waals surface area (Å²) in [5.74, 6) is -1.54. The largest absolute Gasteiger partial charge is 0.468 e. The standard InChI is InChI=1S/C13H21ClFNO4.C11H18FNO4.C8H13ClFNO2.C8H12FNO2.C7H12FNO/c1-12(2,3)20-11(18)16-8-9(15)7-13(16,5-6-14)10(17)19-4;1-11(2,3)17-10(15)13-6-7(12)5-8(13)9(14)16-4;1-13-7(12)8(2-3-9)4-6(10)5-11-8;1-12-7(11)8-2-3-10(8)5-6(9)4-8;8-6-3-7(5-10)1-2-9(7)4-6/h9H,5-8H2,1-4H3;7-8H,5-6H2,1-4H3;6,11H,2-5H2,1H3;6H,2-5H2,1H3;6,10H,1-5H2/t9-,13?;7-,8+;2*6-,8?;6-,7?/m11111/s1. The van der Waals surface area contributed by atoms with E-state index in [2.05, 4.69) is 24.4 Å². The van der Waals surface area contributed by atoms with Crippen LogP contribution in [0.25, 0.3) is 0 Å². The number of nitrogens with zero attached hydrogens (tertiary/aromatic N) is 4. The van der Waals surface area contributed by atoms with E-state index in [0.717, 1.165) is 35.7 Å². The fourth-order valence-electron chi connectivity index (χ4n) is 9.93. The van der Waals surface area contributed by atoms with Crippen LogP contribution in [0.3, 0.4) is 0 Å². The molecule has 0 aliphatic carbocycles. The van der Waals surface area contributed by atoms with Crippen molar-refractivity contribution in [2.75, 3.05) is 92.6 Å². The van der Waals surface area contributed by atoms with Crippen molar-refractivity contribution in [3.8, 4) is 0 Å². The highest BCUT2D eigenvalue weighted by Gasteiger charge is 2.58. The highest BCUT2D eigenvalue weighted by atomic mass is 35.5. The third kappa shape index (κ3) is 15.5. The number of rotatable bonds is 9. The van der Waals surface area contributed by atoms with E-state index in [-0.39, 0.29) is 69.3 Å². The number of methoxy groups -OCH3 is 4. The summed E-state index contributed by atoms with van der Waals surface area (Å²) in [7, 11) is 5.07. The average Bonchev–Trinajstić information content (AvgIpc) is 4.08. The monoisotopic (exact) mass is 1080 g/mol. The maximum absolute atomic E-state index is 13.8. The number of carbonyl (C=O) groups is 6. The number of alkyl halides is 7. The molecule has 7 aliphatic heterocycles. The van der Waals surface area contributed by atoms with Crippen molar-refractivity contribution in [2.45, 2.75) is 170 Å². The van der Waals surface area contributed by atoms with Crippen LogP contribution < -0.4 is 5.32 Å². The molecule has 0 saturated carbocycles. The fraction of sp³-hybridized carbons (Fsp3) is 0.872. The van der Waals surface area contributed by atoms with Crippen LogP contribution in [0.2, 0.25) is 0 Å². The minimum absolute atomic E-state index is 0.0358. The lowest BCUT2D eigenvalue weighted by Gasteiger charge is -2.46. The van der Waals surface area contributed by atoms with Gasteiger partial charge in [-0.15, -0.1) is 23.2 Å². The Morgan fingerprint density at radius 3 is 1.58 bits per heavy atom. The molecule has 0 spiro atoms. The first-order chi connectivity index (χ1) is 33.5. The zero-order valence-corrected chi connectivity index (χ0v) is 44.7. The molecule has 72 heavy (non-hydrogen) atoms. The maximum Gasteiger partial charge on any atom is 0.411 e. The number of fused-ring (bicyclic) bond motifs is 2. The molecule has 7 fully saturated rings. The minimum atomic E-state index is -1.38. The van der Waals surface area contributed by atoms with Crippen molar-refractivity contribution in [1.29, 1.82) is 0 Å². The summed E-state index contributed by atoms with van der Waals surface area (Å²) in [4.78, 5) is 76.2. The summed E-state index contributed by atoms with van der Waals surface area (Å²) in [5.41, 5.74) is -4.40. The quantitative estimate of drug-likeness (QED) is 0.129. The zero-order chi connectivity index (χ0) is 54.6. The number of hydrogen-bond acceptors (Lipinski definition) is 16. The van der Waals surface area contributed by atoms with Gasteiger partial charge in [0, 0.05) is 82.1 Å². The van der Waals surface area contributed by atoms with Crippen LogP contribution in [0.15, 0.2) is 0 Å². The molecule has 0 bridgehead atoms. The number of aliphatic hydroxyl groups is 1. The Kier molecular flexibility index (Phi) is 22.9. The van der Waals surface area contributed by atoms with Gasteiger partial charge in [0.15, 0.2) is 0 Å². The Labute approximate surface area is 429 Å². The van der Waals surface area contributed by atoms with E-state index >= 15 is 0 Å². The molecule has 18 nitrogen and oxygen atoms in total. The Morgan fingerprint density at radius 2 is 1.17 bits per heavy atom. The lowest BCUT2D eigenvalue weighted by atomic mass is 9.85. The molecule has 25 heteroatoms. The van der Waals surface area contributed by atoms with Gasteiger partial charge in [-0.1, -0.05) is 0 Å². The third-order valence-electron chi connectivity index (χ3n) is 13.6. The summed E-state index contributed by atoms with van der Waals surface area (Å²) < 4.78 is 94.6. The van der Waals surface area contributed by atoms with Gasteiger partial charge < -0.3 is 33.5 Å². The van der Waals surface area contributed by atoms with Crippen LogP contribution in [0.5, 0.6) is 0 Å². The Balaban J connectivity index is 0.000000242. The molecule has 2 N–H and O–H groups in total. The fourth-order valence-corrected chi connectivity index (χ4v) is 10.6. The summed E-state index contributed by atoms with van der Waals surface area (Å²) in [6, 6.07) is -0.884. The number of halogens is 7. The molecule has 7 saturated heterocycles. The summed E-state index contributed by atoms with van der Waals surface area (Å²) in [5, 5.41) is 11.8. The molecule has 7 rings (SSSR count). The van der Waals surface area contributed by atoms with Gasteiger partial charge in [0.05, 0.1) is 48.1 Å². The number of carbonyl (C=O) groups excluding carboxylic acids is 6. The maximum atomic E-state index is 13.8. The minimum Gasteiger partial charge on any atom is -0.468 e. The topological polar surface area (TPSA) is 203 Å². The van der Waals surface area contributed by atoms with Crippen molar-refractivity contribution in [2.24, 2.45) is 0 Å². The predicted octanol–water partition coefficient (Wildman–Crippen LogP) is 5.38. The second-order valence-electron chi connectivity index (χ2n) is 21.0. The van der Waals surface area contributed by atoms with Gasteiger partial charge in [0.25, 0.3) is 0 Å². The summed E-state index contributed by atoms with van der Waals surface area (Å²) in [6.45, 7) is 13.0. The number of aliphatic hydroxyl groups excluding tert-OH is 1. The number of amides is 2. The first kappa shape index (κ1) is 62.8. The number of likely N-dealkylation sites (tertiary alicyclic amines) is 2. The lowest BCUT2D eigenvalue weighted by molar-refractivity contribution is -0.161.